The maximum Gasteiger partial charge on any atom is 0.189 e. The van der Waals surface area contributed by atoms with E-state index in [1.54, 1.807) is 0 Å². The molecular weight excluding hydrogens is 302 g/mol. The van der Waals surface area contributed by atoms with Gasteiger partial charge in [0.25, 0.3) is 0 Å². The molecule has 0 aliphatic carbocycles. The zero-order valence-corrected chi connectivity index (χ0v) is 14.0. The summed E-state index contributed by atoms with van der Waals surface area (Å²) in [5.41, 5.74) is 7.25. The number of nitrogens with one attached hydrogen (secondary N) is 1. The number of nitrogens with zero attached hydrogens (tertiary/aromatic N) is 1. The second-order valence-electron chi connectivity index (χ2n) is 5.93. The fourth-order valence-electron chi connectivity index (χ4n) is 3.23. The van der Waals surface area contributed by atoms with Gasteiger partial charge in [-0.3, -0.25) is 5.41 Å². The number of hydrogen-bond donors (Lipinski definition) is 2. The Hall–Kier alpha value is -1.94. The SMILES string of the molecule is N=C(N)N1C(Sc2ccccc2)CC[C@@H]1CCc1ccccc1. The monoisotopic (exact) mass is 325 g/mol. The fourth-order valence-corrected chi connectivity index (χ4v) is 4.51. The third-order valence-electron chi connectivity index (χ3n) is 4.35. The quantitative estimate of drug-likeness (QED) is 0.643. The Bertz CT molecular complexity index is 630. The van der Waals surface area contributed by atoms with Gasteiger partial charge in [0.05, 0.1) is 5.37 Å². The molecule has 1 aliphatic rings. The van der Waals surface area contributed by atoms with Gasteiger partial charge in [0.2, 0.25) is 0 Å². The van der Waals surface area contributed by atoms with Gasteiger partial charge < -0.3 is 10.6 Å². The van der Waals surface area contributed by atoms with Crippen molar-refractivity contribution in [3.05, 3.63) is 66.2 Å². The van der Waals surface area contributed by atoms with Crippen molar-refractivity contribution in [3.8, 4) is 0 Å². The van der Waals surface area contributed by atoms with Crippen molar-refractivity contribution in [2.24, 2.45) is 5.73 Å². The Morgan fingerprint density at radius 2 is 1.70 bits per heavy atom. The molecule has 1 saturated heterocycles. The number of hydrogen-bond acceptors (Lipinski definition) is 2. The van der Waals surface area contributed by atoms with Gasteiger partial charge in [-0.2, -0.15) is 0 Å². The lowest BCUT2D eigenvalue weighted by atomic mass is 10.0. The molecule has 3 nitrogen and oxygen atoms in total. The van der Waals surface area contributed by atoms with Crippen LogP contribution in [0, 0.1) is 5.41 Å². The van der Waals surface area contributed by atoms with E-state index < -0.39 is 0 Å². The maximum atomic E-state index is 7.99. The summed E-state index contributed by atoms with van der Waals surface area (Å²) in [5.74, 6) is 0.203. The Kier molecular flexibility index (Phi) is 5.23. The van der Waals surface area contributed by atoms with Crippen molar-refractivity contribution >= 4 is 17.7 Å². The lowest BCUT2D eigenvalue weighted by molar-refractivity contribution is 0.348. The first-order valence-corrected chi connectivity index (χ1v) is 9.00. The molecule has 1 fully saturated rings. The van der Waals surface area contributed by atoms with Crippen molar-refractivity contribution < 1.29 is 0 Å². The summed E-state index contributed by atoms with van der Waals surface area (Å²) in [6.07, 6.45) is 4.28. The topological polar surface area (TPSA) is 53.1 Å². The van der Waals surface area contributed by atoms with Crippen LogP contribution in [0.3, 0.4) is 0 Å². The molecule has 0 saturated carbocycles. The first-order chi connectivity index (χ1) is 11.2. The molecule has 2 aromatic rings. The summed E-state index contributed by atoms with van der Waals surface area (Å²) >= 11 is 1.82. The van der Waals surface area contributed by atoms with E-state index in [0.717, 1.165) is 25.7 Å². The van der Waals surface area contributed by atoms with E-state index in [1.165, 1.54) is 10.5 Å². The van der Waals surface area contributed by atoms with Gasteiger partial charge in [-0.1, -0.05) is 48.5 Å². The maximum absolute atomic E-state index is 7.99. The first-order valence-electron chi connectivity index (χ1n) is 8.12. The van der Waals surface area contributed by atoms with E-state index in [4.69, 9.17) is 11.1 Å². The standard InChI is InChI=1S/C19H23N3S/c20-19(21)22-16(12-11-15-7-3-1-4-8-15)13-14-18(22)23-17-9-5-2-6-10-17/h1-10,16,18H,11-14H2,(H3,20,21)/t16-,18?/m0/s1. The Morgan fingerprint density at radius 1 is 1.04 bits per heavy atom. The molecule has 2 aromatic carbocycles. The third-order valence-corrected chi connectivity index (χ3v) is 5.63. The molecule has 0 amide bonds. The highest BCUT2D eigenvalue weighted by atomic mass is 32.2. The number of nitrogens with two attached hydrogens (primary N) is 1. The van der Waals surface area contributed by atoms with Gasteiger partial charge >= 0.3 is 0 Å². The van der Waals surface area contributed by atoms with Gasteiger partial charge in [-0.15, -0.1) is 11.8 Å². The first kappa shape index (κ1) is 15.9. The minimum atomic E-state index is 0.203. The van der Waals surface area contributed by atoms with Gasteiger partial charge in [-0.25, -0.2) is 0 Å². The van der Waals surface area contributed by atoms with Crippen LogP contribution in [-0.4, -0.2) is 22.3 Å². The number of aryl methyl sites for hydroxylation is 1. The van der Waals surface area contributed by atoms with Crippen LogP contribution in [0.2, 0.25) is 0 Å². The molecule has 120 valence electrons. The molecule has 3 rings (SSSR count). The van der Waals surface area contributed by atoms with Crippen LogP contribution in [0.15, 0.2) is 65.6 Å². The molecule has 0 radical (unpaired) electrons. The van der Waals surface area contributed by atoms with E-state index >= 15 is 0 Å². The van der Waals surface area contributed by atoms with Gasteiger partial charge in [0.15, 0.2) is 5.96 Å². The van der Waals surface area contributed by atoms with E-state index in [0.29, 0.717) is 6.04 Å². The third kappa shape index (κ3) is 4.08. The highest BCUT2D eigenvalue weighted by Gasteiger charge is 2.34. The zero-order valence-electron chi connectivity index (χ0n) is 13.2. The predicted molar refractivity (Wildman–Crippen MR) is 97.6 cm³/mol. The van der Waals surface area contributed by atoms with E-state index in [9.17, 15) is 0 Å². The summed E-state index contributed by atoms with van der Waals surface area (Å²) in [6, 6.07) is 21.3. The van der Waals surface area contributed by atoms with E-state index in [2.05, 4.69) is 53.4 Å². The van der Waals surface area contributed by atoms with Crippen molar-refractivity contribution in [1.82, 2.24) is 4.90 Å². The van der Waals surface area contributed by atoms with Crippen LogP contribution >= 0.6 is 11.8 Å². The van der Waals surface area contributed by atoms with E-state index in [-0.39, 0.29) is 11.3 Å². The summed E-state index contributed by atoms with van der Waals surface area (Å²) in [4.78, 5) is 3.35. The second kappa shape index (κ2) is 7.55. The van der Waals surface area contributed by atoms with Crippen molar-refractivity contribution in [2.45, 2.75) is 42.0 Å². The summed E-state index contributed by atoms with van der Waals surface area (Å²) in [6.45, 7) is 0. The van der Waals surface area contributed by atoms with Gasteiger partial charge in [0, 0.05) is 10.9 Å². The van der Waals surface area contributed by atoms with Gasteiger partial charge in [0.1, 0.15) is 0 Å². The number of guanidine groups is 1. The number of rotatable bonds is 5. The normalized spacial score (nSPS) is 20.6. The molecule has 2 atom stereocenters. The molecule has 3 N–H and O–H groups in total. The smallest absolute Gasteiger partial charge is 0.189 e. The summed E-state index contributed by atoms with van der Waals surface area (Å²) in [5, 5.41) is 8.27. The Labute approximate surface area is 142 Å². The molecular formula is C19H23N3S. The van der Waals surface area contributed by atoms with Crippen LogP contribution in [0.1, 0.15) is 24.8 Å². The average molecular weight is 325 g/mol. The summed E-state index contributed by atoms with van der Waals surface area (Å²) in [7, 11) is 0. The molecule has 0 bridgehead atoms. The van der Waals surface area contributed by atoms with Crippen LogP contribution in [0.4, 0.5) is 0 Å². The molecule has 0 aromatic heterocycles. The van der Waals surface area contributed by atoms with Crippen molar-refractivity contribution in [1.29, 1.82) is 5.41 Å². The number of benzene rings is 2. The molecule has 4 heteroatoms. The van der Waals surface area contributed by atoms with Crippen LogP contribution in [0.25, 0.3) is 0 Å². The second-order valence-corrected chi connectivity index (χ2v) is 7.18. The molecule has 1 heterocycles. The Balaban J connectivity index is 1.64. The minimum absolute atomic E-state index is 0.203. The Morgan fingerprint density at radius 3 is 2.35 bits per heavy atom. The zero-order chi connectivity index (χ0) is 16.1. The average Bonchev–Trinajstić information content (AvgIpc) is 2.98. The van der Waals surface area contributed by atoms with Gasteiger partial charge in [-0.05, 0) is 43.4 Å². The number of thioether (sulfide) groups is 1. The fraction of sp³-hybridized carbons (Fsp3) is 0.316. The van der Waals surface area contributed by atoms with Crippen LogP contribution in [0.5, 0.6) is 0 Å². The minimum Gasteiger partial charge on any atom is -0.370 e. The van der Waals surface area contributed by atoms with Crippen molar-refractivity contribution in [3.63, 3.8) is 0 Å². The van der Waals surface area contributed by atoms with Crippen LogP contribution in [-0.2, 0) is 6.42 Å². The largest absolute Gasteiger partial charge is 0.370 e. The molecule has 1 unspecified atom stereocenters. The lowest BCUT2D eigenvalue weighted by Gasteiger charge is -2.30. The van der Waals surface area contributed by atoms with Crippen molar-refractivity contribution in [2.75, 3.05) is 0 Å². The molecule has 23 heavy (non-hydrogen) atoms. The summed E-state index contributed by atoms with van der Waals surface area (Å²) < 4.78 is 0. The molecule has 1 aliphatic heterocycles. The van der Waals surface area contributed by atoms with Crippen LogP contribution < -0.4 is 5.73 Å². The number of likely N-dealkylation sites (tertiary alicyclic amines) is 1. The highest BCUT2D eigenvalue weighted by Crippen LogP contribution is 2.37. The molecule has 0 spiro atoms. The van der Waals surface area contributed by atoms with E-state index in [1.807, 2.05) is 23.9 Å². The lowest BCUT2D eigenvalue weighted by Crippen LogP contribution is -2.44. The predicted octanol–water partition coefficient (Wildman–Crippen LogP) is 4.10. The highest BCUT2D eigenvalue weighted by molar-refractivity contribution is 7.99.